The van der Waals surface area contributed by atoms with Crippen molar-refractivity contribution in [3.8, 4) is 0 Å². The number of nitrogens with one attached hydrogen (secondary N) is 1. The molecule has 0 aliphatic carbocycles. The first-order valence-corrected chi connectivity index (χ1v) is 9.36. The lowest BCUT2D eigenvalue weighted by Gasteiger charge is -2.27. The topological polar surface area (TPSA) is 58.6 Å². The van der Waals surface area contributed by atoms with Gasteiger partial charge in [-0.2, -0.15) is 0 Å². The summed E-state index contributed by atoms with van der Waals surface area (Å²) in [6, 6.07) is 13.2. The van der Waals surface area contributed by atoms with Crippen LogP contribution in [0.25, 0.3) is 10.8 Å². The molecule has 132 valence electrons. The number of fused-ring (bicyclic) bond motifs is 1. The molecule has 1 aliphatic heterocycles. The summed E-state index contributed by atoms with van der Waals surface area (Å²) in [6.45, 7) is 5.45. The van der Waals surface area contributed by atoms with E-state index in [1.54, 1.807) is 11.8 Å². The molecule has 3 rings (SSSR count). The maximum atomic E-state index is 12.7. The van der Waals surface area contributed by atoms with Crippen molar-refractivity contribution < 1.29 is 14.3 Å². The number of anilines is 1. The van der Waals surface area contributed by atoms with E-state index < -0.39 is 17.7 Å². The summed E-state index contributed by atoms with van der Waals surface area (Å²) in [5.74, 6) is 0.842. The Hall–Kier alpha value is -2.21. The summed E-state index contributed by atoms with van der Waals surface area (Å²) in [6.07, 6.45) is -0.448. The third-order valence-corrected chi connectivity index (χ3v) is 4.84. The zero-order valence-electron chi connectivity index (χ0n) is 14.6. The first-order chi connectivity index (χ1) is 11.8. The first-order valence-electron chi connectivity index (χ1n) is 8.20. The molecule has 5 nitrogen and oxygen atoms in total. The SMILES string of the molecule is CC(C)(C)OC(=O)N1CSC[C@H]1C(=O)Nc1ccc2ccccc2c1. The zero-order valence-corrected chi connectivity index (χ0v) is 15.4. The van der Waals surface area contributed by atoms with Crippen molar-refractivity contribution in [2.75, 3.05) is 16.9 Å². The third-order valence-electron chi connectivity index (χ3n) is 3.83. The van der Waals surface area contributed by atoms with Gasteiger partial charge in [-0.15, -0.1) is 11.8 Å². The summed E-state index contributed by atoms with van der Waals surface area (Å²) in [7, 11) is 0. The van der Waals surface area contributed by atoms with Gasteiger partial charge in [0.15, 0.2) is 0 Å². The van der Waals surface area contributed by atoms with Crippen LogP contribution in [0.15, 0.2) is 42.5 Å². The molecule has 2 aromatic rings. The molecule has 1 atom stereocenters. The van der Waals surface area contributed by atoms with Crippen molar-refractivity contribution in [3.05, 3.63) is 42.5 Å². The van der Waals surface area contributed by atoms with Gasteiger partial charge in [-0.25, -0.2) is 4.79 Å². The fourth-order valence-electron chi connectivity index (χ4n) is 2.65. The molecule has 0 radical (unpaired) electrons. The number of ether oxygens (including phenoxy) is 1. The van der Waals surface area contributed by atoms with Crippen LogP contribution < -0.4 is 5.32 Å². The molecule has 1 fully saturated rings. The van der Waals surface area contributed by atoms with Crippen LogP contribution in [0.5, 0.6) is 0 Å². The molecule has 1 aliphatic rings. The predicted molar refractivity (Wildman–Crippen MR) is 102 cm³/mol. The molecule has 2 aromatic carbocycles. The standard InChI is InChI=1S/C19H22N2O3S/c1-19(2,3)24-18(23)21-12-25-11-16(21)17(22)20-15-9-8-13-6-4-5-7-14(13)10-15/h4-10,16H,11-12H2,1-3H3,(H,20,22)/t16-/m0/s1. The Morgan fingerprint density at radius 3 is 2.60 bits per heavy atom. The van der Waals surface area contributed by atoms with Gasteiger partial charge in [0.05, 0.1) is 5.88 Å². The van der Waals surface area contributed by atoms with Crippen LogP contribution in [0.2, 0.25) is 0 Å². The van der Waals surface area contributed by atoms with Crippen LogP contribution in [0.4, 0.5) is 10.5 Å². The third kappa shape index (κ3) is 4.25. The van der Waals surface area contributed by atoms with Crippen LogP contribution in [0.1, 0.15) is 20.8 Å². The van der Waals surface area contributed by atoms with E-state index in [1.807, 2.05) is 63.2 Å². The fourth-order valence-corrected chi connectivity index (χ4v) is 3.80. The van der Waals surface area contributed by atoms with Gasteiger partial charge in [0.25, 0.3) is 0 Å². The van der Waals surface area contributed by atoms with Crippen molar-refractivity contribution in [2.24, 2.45) is 0 Å². The highest BCUT2D eigenvalue weighted by atomic mass is 32.2. The Balaban J connectivity index is 1.71. The lowest BCUT2D eigenvalue weighted by atomic mass is 10.1. The van der Waals surface area contributed by atoms with E-state index in [9.17, 15) is 9.59 Å². The Morgan fingerprint density at radius 2 is 1.88 bits per heavy atom. The van der Waals surface area contributed by atoms with E-state index in [0.717, 1.165) is 16.5 Å². The summed E-state index contributed by atoms with van der Waals surface area (Å²) >= 11 is 1.55. The Bertz CT molecular complexity index is 801. The fraction of sp³-hybridized carbons (Fsp3) is 0.368. The van der Waals surface area contributed by atoms with Gasteiger partial charge in [-0.1, -0.05) is 30.3 Å². The lowest BCUT2D eigenvalue weighted by molar-refractivity contribution is -0.120. The van der Waals surface area contributed by atoms with Gasteiger partial charge in [0.2, 0.25) is 5.91 Å². The van der Waals surface area contributed by atoms with E-state index in [4.69, 9.17) is 4.74 Å². The Labute approximate surface area is 151 Å². The highest BCUT2D eigenvalue weighted by Crippen LogP contribution is 2.25. The number of carbonyl (C=O) groups is 2. The molecule has 1 heterocycles. The van der Waals surface area contributed by atoms with Crippen molar-refractivity contribution in [1.82, 2.24) is 4.90 Å². The number of rotatable bonds is 2. The van der Waals surface area contributed by atoms with Crippen LogP contribution in [0.3, 0.4) is 0 Å². The lowest BCUT2D eigenvalue weighted by Crippen LogP contribution is -2.46. The van der Waals surface area contributed by atoms with E-state index >= 15 is 0 Å². The van der Waals surface area contributed by atoms with Crippen LogP contribution in [-0.2, 0) is 9.53 Å². The number of carbonyl (C=O) groups excluding carboxylic acids is 2. The average molecular weight is 358 g/mol. The molecular weight excluding hydrogens is 336 g/mol. The predicted octanol–water partition coefficient (Wildman–Crippen LogP) is 4.09. The van der Waals surface area contributed by atoms with Gasteiger partial charge in [0, 0.05) is 11.4 Å². The largest absolute Gasteiger partial charge is 0.444 e. The highest BCUT2D eigenvalue weighted by molar-refractivity contribution is 7.99. The van der Waals surface area contributed by atoms with Crippen molar-refractivity contribution >= 4 is 40.2 Å². The second kappa shape index (κ2) is 6.96. The van der Waals surface area contributed by atoms with E-state index in [1.165, 1.54) is 4.90 Å². The maximum Gasteiger partial charge on any atom is 0.411 e. The van der Waals surface area contributed by atoms with Crippen molar-refractivity contribution in [3.63, 3.8) is 0 Å². The van der Waals surface area contributed by atoms with Gasteiger partial charge in [0.1, 0.15) is 11.6 Å². The monoisotopic (exact) mass is 358 g/mol. The number of hydrogen-bond acceptors (Lipinski definition) is 4. The summed E-state index contributed by atoms with van der Waals surface area (Å²) in [5.41, 5.74) is 0.147. The number of hydrogen-bond donors (Lipinski definition) is 1. The van der Waals surface area contributed by atoms with Gasteiger partial charge < -0.3 is 10.1 Å². The summed E-state index contributed by atoms with van der Waals surface area (Å²) in [4.78, 5) is 26.5. The number of thioether (sulfide) groups is 1. The minimum absolute atomic E-state index is 0.189. The van der Waals surface area contributed by atoms with Crippen molar-refractivity contribution in [1.29, 1.82) is 0 Å². The van der Waals surface area contributed by atoms with Crippen LogP contribution in [0, 0.1) is 0 Å². The summed E-state index contributed by atoms with van der Waals surface area (Å²) in [5, 5.41) is 5.10. The van der Waals surface area contributed by atoms with E-state index in [-0.39, 0.29) is 5.91 Å². The molecular formula is C19H22N2O3S. The molecule has 0 spiro atoms. The number of benzene rings is 2. The van der Waals surface area contributed by atoms with Gasteiger partial charge >= 0.3 is 6.09 Å². The molecule has 25 heavy (non-hydrogen) atoms. The second-order valence-electron chi connectivity index (χ2n) is 7.02. The molecule has 6 heteroatoms. The van der Waals surface area contributed by atoms with E-state index in [0.29, 0.717) is 11.6 Å². The maximum absolute atomic E-state index is 12.7. The minimum atomic E-state index is -0.580. The number of amides is 2. The second-order valence-corrected chi connectivity index (χ2v) is 8.02. The quantitative estimate of drug-likeness (QED) is 0.878. The molecule has 0 bridgehead atoms. The number of nitrogens with zero attached hydrogens (tertiary/aromatic N) is 1. The van der Waals surface area contributed by atoms with Crippen LogP contribution >= 0.6 is 11.8 Å². The molecule has 0 aromatic heterocycles. The average Bonchev–Trinajstić information content (AvgIpc) is 3.03. The molecule has 0 unspecified atom stereocenters. The van der Waals surface area contributed by atoms with Gasteiger partial charge in [-0.3, -0.25) is 9.69 Å². The van der Waals surface area contributed by atoms with Crippen LogP contribution in [-0.4, -0.2) is 40.2 Å². The smallest absolute Gasteiger partial charge is 0.411 e. The van der Waals surface area contributed by atoms with Gasteiger partial charge in [-0.05, 0) is 43.7 Å². The highest BCUT2D eigenvalue weighted by Gasteiger charge is 2.37. The minimum Gasteiger partial charge on any atom is -0.444 e. The first kappa shape index (κ1) is 17.6. The molecule has 1 N–H and O–H groups in total. The molecule has 2 amide bonds. The molecule has 0 saturated carbocycles. The normalized spacial score (nSPS) is 17.6. The zero-order chi connectivity index (χ0) is 18.0. The molecule has 1 saturated heterocycles. The Kier molecular flexibility index (Phi) is 4.90. The summed E-state index contributed by atoms with van der Waals surface area (Å²) < 4.78 is 5.40. The van der Waals surface area contributed by atoms with Crippen molar-refractivity contribution in [2.45, 2.75) is 32.4 Å². The Morgan fingerprint density at radius 1 is 1.16 bits per heavy atom. The van der Waals surface area contributed by atoms with E-state index in [2.05, 4.69) is 5.32 Å².